The monoisotopic (exact) mass is 286 g/mol. The van der Waals surface area contributed by atoms with Crippen LogP contribution in [0.5, 0.6) is 0 Å². The summed E-state index contributed by atoms with van der Waals surface area (Å²) in [6.45, 7) is 1.87. The van der Waals surface area contributed by atoms with Gasteiger partial charge in [-0.25, -0.2) is 4.98 Å². The van der Waals surface area contributed by atoms with Gasteiger partial charge in [0.1, 0.15) is 0 Å². The van der Waals surface area contributed by atoms with Crippen molar-refractivity contribution in [3.05, 3.63) is 54.6 Å². The van der Waals surface area contributed by atoms with Gasteiger partial charge in [0.25, 0.3) is 0 Å². The largest absolute Gasteiger partial charge is 0.356 e. The molecular formula is C16H22N4O. The van der Waals surface area contributed by atoms with E-state index in [0.29, 0.717) is 19.5 Å². The van der Waals surface area contributed by atoms with Crippen molar-refractivity contribution in [3.63, 3.8) is 0 Å². The van der Waals surface area contributed by atoms with Gasteiger partial charge in [0.05, 0.1) is 12.2 Å². The SMILES string of the molecule is NCC(Cc1ccccc1)C(=O)NCCCn1ccnc1. The predicted octanol–water partition coefficient (Wildman–Crippen LogP) is 1.21. The quantitative estimate of drug-likeness (QED) is 0.716. The molecule has 0 saturated carbocycles. The first-order valence-corrected chi connectivity index (χ1v) is 7.27. The molecule has 3 N–H and O–H groups in total. The van der Waals surface area contributed by atoms with E-state index in [1.54, 1.807) is 12.5 Å². The lowest BCUT2D eigenvalue weighted by atomic mass is 9.98. The summed E-state index contributed by atoms with van der Waals surface area (Å²) in [6.07, 6.45) is 7.01. The lowest BCUT2D eigenvalue weighted by molar-refractivity contribution is -0.124. The Kier molecular flexibility index (Phi) is 5.97. The van der Waals surface area contributed by atoms with Gasteiger partial charge in [-0.15, -0.1) is 0 Å². The second-order valence-corrected chi connectivity index (χ2v) is 5.07. The molecule has 1 amide bonds. The molecule has 1 heterocycles. The highest BCUT2D eigenvalue weighted by molar-refractivity contribution is 5.79. The van der Waals surface area contributed by atoms with Crippen LogP contribution in [-0.4, -0.2) is 28.5 Å². The maximum atomic E-state index is 12.1. The number of nitrogens with two attached hydrogens (primary N) is 1. The summed E-state index contributed by atoms with van der Waals surface area (Å²) in [5.41, 5.74) is 6.87. The van der Waals surface area contributed by atoms with Crippen molar-refractivity contribution >= 4 is 5.91 Å². The maximum absolute atomic E-state index is 12.1. The number of imidazole rings is 1. The van der Waals surface area contributed by atoms with E-state index in [9.17, 15) is 4.79 Å². The standard InChI is InChI=1S/C16H22N4O/c17-12-15(11-14-5-2-1-3-6-14)16(21)19-7-4-9-20-10-8-18-13-20/h1-3,5-6,8,10,13,15H,4,7,9,11-12,17H2,(H,19,21). The van der Waals surface area contributed by atoms with Gasteiger partial charge < -0.3 is 15.6 Å². The highest BCUT2D eigenvalue weighted by atomic mass is 16.1. The number of aromatic nitrogens is 2. The van der Waals surface area contributed by atoms with Crippen LogP contribution in [0, 0.1) is 5.92 Å². The second kappa shape index (κ2) is 8.21. The second-order valence-electron chi connectivity index (χ2n) is 5.07. The number of rotatable bonds is 8. The maximum Gasteiger partial charge on any atom is 0.224 e. The topological polar surface area (TPSA) is 72.9 Å². The van der Waals surface area contributed by atoms with Gasteiger partial charge >= 0.3 is 0 Å². The summed E-state index contributed by atoms with van der Waals surface area (Å²) in [7, 11) is 0. The number of nitrogens with one attached hydrogen (secondary N) is 1. The molecule has 0 spiro atoms. The van der Waals surface area contributed by atoms with Gasteiger partial charge in [0, 0.05) is 32.0 Å². The van der Waals surface area contributed by atoms with Gasteiger partial charge in [0.15, 0.2) is 0 Å². The first kappa shape index (κ1) is 15.3. The predicted molar refractivity (Wildman–Crippen MR) is 82.5 cm³/mol. The Hall–Kier alpha value is -2.14. The van der Waals surface area contributed by atoms with E-state index in [1.807, 2.05) is 41.1 Å². The summed E-state index contributed by atoms with van der Waals surface area (Å²) in [4.78, 5) is 16.1. The number of amides is 1. The fourth-order valence-electron chi connectivity index (χ4n) is 2.22. The molecule has 0 radical (unpaired) electrons. The smallest absolute Gasteiger partial charge is 0.224 e. The number of nitrogens with zero attached hydrogens (tertiary/aromatic N) is 2. The third-order valence-electron chi connectivity index (χ3n) is 3.43. The Morgan fingerprint density at radius 2 is 2.14 bits per heavy atom. The highest BCUT2D eigenvalue weighted by Crippen LogP contribution is 2.08. The molecule has 1 atom stereocenters. The lowest BCUT2D eigenvalue weighted by Gasteiger charge is -2.15. The van der Waals surface area contributed by atoms with Crippen LogP contribution in [-0.2, 0) is 17.8 Å². The van der Waals surface area contributed by atoms with Crippen LogP contribution in [0.15, 0.2) is 49.1 Å². The van der Waals surface area contributed by atoms with Gasteiger partial charge in [-0.05, 0) is 18.4 Å². The number of hydrogen-bond acceptors (Lipinski definition) is 3. The van der Waals surface area contributed by atoms with Crippen LogP contribution in [0.2, 0.25) is 0 Å². The summed E-state index contributed by atoms with van der Waals surface area (Å²) in [6, 6.07) is 9.97. The number of hydrogen-bond donors (Lipinski definition) is 2. The van der Waals surface area contributed by atoms with Crippen LogP contribution in [0.3, 0.4) is 0 Å². The molecule has 0 aliphatic carbocycles. The third kappa shape index (κ3) is 5.04. The molecule has 0 aliphatic heterocycles. The molecule has 0 fully saturated rings. The van der Waals surface area contributed by atoms with E-state index in [-0.39, 0.29) is 11.8 Å². The third-order valence-corrected chi connectivity index (χ3v) is 3.43. The molecule has 5 heteroatoms. The molecule has 2 aromatic rings. The molecule has 2 rings (SSSR count). The number of benzene rings is 1. The van der Waals surface area contributed by atoms with Crippen molar-refractivity contribution in [1.29, 1.82) is 0 Å². The van der Waals surface area contributed by atoms with E-state index in [0.717, 1.165) is 18.5 Å². The van der Waals surface area contributed by atoms with Gasteiger partial charge in [-0.1, -0.05) is 30.3 Å². The van der Waals surface area contributed by atoms with Crippen molar-refractivity contribution in [1.82, 2.24) is 14.9 Å². The van der Waals surface area contributed by atoms with Gasteiger partial charge in [-0.2, -0.15) is 0 Å². The van der Waals surface area contributed by atoms with Crippen LogP contribution in [0.4, 0.5) is 0 Å². The van der Waals surface area contributed by atoms with Crippen molar-refractivity contribution in [2.24, 2.45) is 11.7 Å². The first-order valence-electron chi connectivity index (χ1n) is 7.27. The molecule has 112 valence electrons. The minimum atomic E-state index is -0.166. The van der Waals surface area contributed by atoms with Crippen molar-refractivity contribution in [3.8, 4) is 0 Å². The van der Waals surface area contributed by atoms with E-state index in [2.05, 4.69) is 10.3 Å². The zero-order chi connectivity index (χ0) is 14.9. The molecule has 1 unspecified atom stereocenters. The molecule has 0 bridgehead atoms. The number of aryl methyl sites for hydroxylation is 1. The Balaban J connectivity index is 1.72. The average Bonchev–Trinajstić information content (AvgIpc) is 3.03. The molecule has 0 aliphatic rings. The van der Waals surface area contributed by atoms with Crippen molar-refractivity contribution in [2.45, 2.75) is 19.4 Å². The average molecular weight is 286 g/mol. The fraction of sp³-hybridized carbons (Fsp3) is 0.375. The molecule has 1 aromatic heterocycles. The zero-order valence-electron chi connectivity index (χ0n) is 12.1. The van der Waals surface area contributed by atoms with Crippen molar-refractivity contribution < 1.29 is 4.79 Å². The Morgan fingerprint density at radius 1 is 1.33 bits per heavy atom. The van der Waals surface area contributed by atoms with Crippen LogP contribution < -0.4 is 11.1 Å². The first-order chi connectivity index (χ1) is 10.3. The molecule has 0 saturated heterocycles. The Labute approximate surface area is 125 Å². The van der Waals surface area contributed by atoms with Crippen LogP contribution in [0.25, 0.3) is 0 Å². The fourth-order valence-corrected chi connectivity index (χ4v) is 2.22. The Bertz CT molecular complexity index is 524. The zero-order valence-corrected chi connectivity index (χ0v) is 12.1. The van der Waals surface area contributed by atoms with E-state index in [1.165, 1.54) is 0 Å². The summed E-state index contributed by atoms with van der Waals surface area (Å²) in [5, 5.41) is 2.96. The molecule has 5 nitrogen and oxygen atoms in total. The molecule has 1 aromatic carbocycles. The molecular weight excluding hydrogens is 264 g/mol. The summed E-state index contributed by atoms with van der Waals surface area (Å²) >= 11 is 0. The summed E-state index contributed by atoms with van der Waals surface area (Å²) in [5.74, 6) is -0.132. The van der Waals surface area contributed by atoms with E-state index in [4.69, 9.17) is 5.73 Å². The van der Waals surface area contributed by atoms with E-state index < -0.39 is 0 Å². The van der Waals surface area contributed by atoms with Crippen molar-refractivity contribution in [2.75, 3.05) is 13.1 Å². The highest BCUT2D eigenvalue weighted by Gasteiger charge is 2.16. The van der Waals surface area contributed by atoms with Gasteiger partial charge in [-0.3, -0.25) is 4.79 Å². The minimum absolute atomic E-state index is 0.0342. The van der Waals surface area contributed by atoms with E-state index >= 15 is 0 Å². The van der Waals surface area contributed by atoms with Gasteiger partial charge in [0.2, 0.25) is 5.91 Å². The lowest BCUT2D eigenvalue weighted by Crippen LogP contribution is -2.37. The summed E-state index contributed by atoms with van der Waals surface area (Å²) < 4.78 is 2.00. The van der Waals surface area contributed by atoms with Crippen LogP contribution in [0.1, 0.15) is 12.0 Å². The number of carbonyl (C=O) groups excluding carboxylic acids is 1. The Morgan fingerprint density at radius 3 is 2.81 bits per heavy atom. The minimum Gasteiger partial charge on any atom is -0.356 e. The number of carbonyl (C=O) groups is 1. The normalized spacial score (nSPS) is 12.0. The van der Waals surface area contributed by atoms with Crippen LogP contribution >= 0.6 is 0 Å². The molecule has 21 heavy (non-hydrogen) atoms.